The highest BCUT2D eigenvalue weighted by Crippen LogP contribution is 2.40. The van der Waals surface area contributed by atoms with Gasteiger partial charge in [0.1, 0.15) is 0 Å². The third kappa shape index (κ3) is 5.91. The molecule has 2 aromatic carbocycles. The second-order valence-electron chi connectivity index (χ2n) is 10.1. The van der Waals surface area contributed by atoms with Crippen molar-refractivity contribution in [1.82, 2.24) is 0 Å². The highest BCUT2D eigenvalue weighted by Gasteiger charge is 2.25. The number of hydrogen-bond donors (Lipinski definition) is 0. The van der Waals surface area contributed by atoms with Crippen molar-refractivity contribution in [1.29, 1.82) is 0 Å². The normalized spacial score (nSPS) is 27.1. The van der Waals surface area contributed by atoms with E-state index in [0.717, 1.165) is 28.7 Å². The van der Waals surface area contributed by atoms with Crippen LogP contribution in [0, 0.1) is 17.8 Å². The molecule has 162 valence electrons. The van der Waals surface area contributed by atoms with Gasteiger partial charge in [-0.1, -0.05) is 106 Å². The average Bonchev–Trinajstić information content (AvgIpc) is 2.80. The summed E-state index contributed by atoms with van der Waals surface area (Å²) >= 11 is 6.02. The first-order valence-corrected chi connectivity index (χ1v) is 12.9. The van der Waals surface area contributed by atoms with Crippen molar-refractivity contribution in [2.24, 2.45) is 17.8 Å². The van der Waals surface area contributed by atoms with Gasteiger partial charge in [-0.3, -0.25) is 0 Å². The van der Waals surface area contributed by atoms with Crippen LogP contribution in [0.2, 0.25) is 5.02 Å². The smallest absolute Gasteiger partial charge is 0.0406 e. The first kappa shape index (κ1) is 21.9. The summed E-state index contributed by atoms with van der Waals surface area (Å²) in [5, 5.41) is 0.802. The Morgan fingerprint density at radius 2 is 1.03 bits per heavy atom. The van der Waals surface area contributed by atoms with Crippen molar-refractivity contribution in [2.45, 2.75) is 89.9 Å². The minimum Gasteiger partial charge on any atom is -0.0843 e. The Hall–Kier alpha value is -1.27. The molecule has 0 aliphatic heterocycles. The van der Waals surface area contributed by atoms with Gasteiger partial charge in [0.25, 0.3) is 0 Å². The molecule has 4 rings (SSSR count). The molecule has 0 heterocycles. The fourth-order valence-corrected chi connectivity index (χ4v) is 6.19. The van der Waals surface area contributed by atoms with Crippen molar-refractivity contribution >= 4 is 11.6 Å². The molecule has 2 aliphatic rings. The molecular formula is C29H39Cl. The highest BCUT2D eigenvalue weighted by atomic mass is 35.5. The molecule has 0 N–H and O–H groups in total. The van der Waals surface area contributed by atoms with Gasteiger partial charge in [0.15, 0.2) is 0 Å². The Labute approximate surface area is 189 Å². The quantitative estimate of drug-likeness (QED) is 0.416. The molecule has 0 aromatic heterocycles. The van der Waals surface area contributed by atoms with E-state index in [4.69, 9.17) is 11.6 Å². The van der Waals surface area contributed by atoms with E-state index >= 15 is 0 Å². The first-order chi connectivity index (χ1) is 14.7. The third-order valence-corrected chi connectivity index (χ3v) is 8.30. The van der Waals surface area contributed by atoms with Gasteiger partial charge in [0.05, 0.1) is 0 Å². The standard InChI is InChI=1S/C29H39Cl/c1-2-3-22-4-6-23(7-5-22)8-9-24-10-12-25(13-11-24)26-14-16-27(17-15-26)28-18-20-29(30)21-19-28/h14-25H,2-13H2,1H3/t22-,23-,24?,25?. The number of rotatable bonds is 7. The van der Waals surface area contributed by atoms with Crippen LogP contribution in [0.1, 0.15) is 95.5 Å². The number of hydrogen-bond acceptors (Lipinski definition) is 0. The molecule has 0 radical (unpaired) electrons. The van der Waals surface area contributed by atoms with Gasteiger partial charge in [-0.2, -0.15) is 0 Å². The van der Waals surface area contributed by atoms with E-state index in [2.05, 4.69) is 43.3 Å². The summed E-state index contributed by atoms with van der Waals surface area (Å²) in [7, 11) is 0. The fourth-order valence-electron chi connectivity index (χ4n) is 6.06. The van der Waals surface area contributed by atoms with Gasteiger partial charge in [-0.25, -0.2) is 0 Å². The van der Waals surface area contributed by atoms with E-state index in [9.17, 15) is 0 Å². The summed E-state index contributed by atoms with van der Waals surface area (Å²) in [6.07, 6.45) is 17.5. The van der Waals surface area contributed by atoms with Crippen LogP contribution in [0.5, 0.6) is 0 Å². The Kier molecular flexibility index (Phi) is 7.94. The van der Waals surface area contributed by atoms with Crippen LogP contribution in [0.15, 0.2) is 48.5 Å². The molecule has 2 aromatic rings. The molecule has 0 spiro atoms. The van der Waals surface area contributed by atoms with Gasteiger partial charge in [-0.05, 0) is 78.2 Å². The Bertz CT molecular complexity index is 744. The average molecular weight is 423 g/mol. The van der Waals surface area contributed by atoms with E-state index in [1.807, 2.05) is 12.1 Å². The van der Waals surface area contributed by atoms with Gasteiger partial charge in [0, 0.05) is 5.02 Å². The SMILES string of the molecule is CCC[C@H]1CC[C@H](CCC2CCC(c3ccc(-c4ccc(Cl)cc4)cc3)CC2)CC1. The maximum absolute atomic E-state index is 6.02. The summed E-state index contributed by atoms with van der Waals surface area (Å²) in [6, 6.07) is 17.5. The minimum atomic E-state index is 0.769. The molecule has 0 unspecified atom stereocenters. The second kappa shape index (κ2) is 10.9. The van der Waals surface area contributed by atoms with Crippen LogP contribution in [0.4, 0.5) is 0 Å². The summed E-state index contributed by atoms with van der Waals surface area (Å²) in [6.45, 7) is 2.34. The molecule has 0 atom stereocenters. The summed E-state index contributed by atoms with van der Waals surface area (Å²) in [5.74, 6) is 3.84. The second-order valence-corrected chi connectivity index (χ2v) is 10.5. The predicted octanol–water partition coefficient (Wildman–Crippen LogP) is 9.67. The molecular weight excluding hydrogens is 384 g/mol. The van der Waals surface area contributed by atoms with E-state index in [-0.39, 0.29) is 0 Å². The van der Waals surface area contributed by atoms with Gasteiger partial charge in [0.2, 0.25) is 0 Å². The molecule has 0 saturated heterocycles. The molecule has 0 bridgehead atoms. The lowest BCUT2D eigenvalue weighted by atomic mass is 9.74. The van der Waals surface area contributed by atoms with Crippen molar-refractivity contribution in [3.63, 3.8) is 0 Å². The number of benzene rings is 2. The third-order valence-electron chi connectivity index (χ3n) is 8.05. The van der Waals surface area contributed by atoms with E-state index in [0.29, 0.717) is 0 Å². The van der Waals surface area contributed by atoms with E-state index in [1.54, 1.807) is 5.56 Å². The Morgan fingerprint density at radius 3 is 1.53 bits per heavy atom. The maximum Gasteiger partial charge on any atom is 0.0406 e. The minimum absolute atomic E-state index is 0.769. The molecule has 0 nitrogen and oxygen atoms in total. The van der Waals surface area contributed by atoms with Crippen LogP contribution in [0.25, 0.3) is 11.1 Å². The zero-order valence-electron chi connectivity index (χ0n) is 18.8. The zero-order chi connectivity index (χ0) is 20.8. The fraction of sp³-hybridized carbons (Fsp3) is 0.586. The van der Waals surface area contributed by atoms with Gasteiger partial charge >= 0.3 is 0 Å². The Morgan fingerprint density at radius 1 is 0.600 bits per heavy atom. The van der Waals surface area contributed by atoms with E-state index < -0.39 is 0 Å². The lowest BCUT2D eigenvalue weighted by Gasteiger charge is -2.32. The van der Waals surface area contributed by atoms with Crippen molar-refractivity contribution in [3.8, 4) is 11.1 Å². The van der Waals surface area contributed by atoms with Crippen molar-refractivity contribution in [2.75, 3.05) is 0 Å². The molecule has 2 saturated carbocycles. The van der Waals surface area contributed by atoms with Gasteiger partial charge in [-0.15, -0.1) is 0 Å². The maximum atomic E-state index is 6.02. The summed E-state index contributed by atoms with van der Waals surface area (Å²) < 4.78 is 0. The molecule has 30 heavy (non-hydrogen) atoms. The van der Waals surface area contributed by atoms with Crippen molar-refractivity contribution in [3.05, 3.63) is 59.1 Å². The van der Waals surface area contributed by atoms with Crippen LogP contribution < -0.4 is 0 Å². The lowest BCUT2D eigenvalue weighted by Crippen LogP contribution is -2.17. The largest absolute Gasteiger partial charge is 0.0843 e. The summed E-state index contributed by atoms with van der Waals surface area (Å²) in [4.78, 5) is 0. The van der Waals surface area contributed by atoms with Crippen LogP contribution in [0.3, 0.4) is 0 Å². The highest BCUT2D eigenvalue weighted by molar-refractivity contribution is 6.30. The van der Waals surface area contributed by atoms with Crippen LogP contribution >= 0.6 is 11.6 Å². The summed E-state index contributed by atoms with van der Waals surface area (Å²) in [5.41, 5.74) is 4.08. The van der Waals surface area contributed by atoms with E-state index in [1.165, 1.54) is 88.2 Å². The van der Waals surface area contributed by atoms with Crippen LogP contribution in [-0.4, -0.2) is 0 Å². The first-order valence-electron chi connectivity index (χ1n) is 12.6. The van der Waals surface area contributed by atoms with Crippen LogP contribution in [-0.2, 0) is 0 Å². The lowest BCUT2D eigenvalue weighted by molar-refractivity contribution is 0.224. The monoisotopic (exact) mass is 422 g/mol. The van der Waals surface area contributed by atoms with Crippen molar-refractivity contribution < 1.29 is 0 Å². The Balaban J connectivity index is 1.20. The molecule has 1 heteroatoms. The topological polar surface area (TPSA) is 0 Å². The number of halogens is 1. The predicted molar refractivity (Wildman–Crippen MR) is 131 cm³/mol. The molecule has 0 amide bonds. The molecule has 2 fully saturated rings. The van der Waals surface area contributed by atoms with Gasteiger partial charge < -0.3 is 0 Å². The molecule has 2 aliphatic carbocycles. The zero-order valence-corrected chi connectivity index (χ0v) is 19.5.